The molecule has 0 nitrogen and oxygen atoms in total. The number of rotatable bonds is 5. The highest BCUT2D eigenvalue weighted by Crippen LogP contribution is 2.22. The zero-order chi connectivity index (χ0) is 9.52. The maximum Gasteiger partial charge on any atom is 0.136 e. The van der Waals surface area contributed by atoms with E-state index in [0.29, 0.717) is 5.88 Å². The van der Waals surface area contributed by atoms with Crippen LogP contribution in [0.1, 0.15) is 12.8 Å². The van der Waals surface area contributed by atoms with Gasteiger partial charge in [-0.25, -0.2) is 4.39 Å². The third kappa shape index (κ3) is 4.01. The molecule has 1 aromatic rings. The minimum atomic E-state index is -0.127. The fraction of sp³-hybridized carbons (Fsp3) is 0.400. The minimum absolute atomic E-state index is 0.127. The van der Waals surface area contributed by atoms with Gasteiger partial charge >= 0.3 is 0 Å². The zero-order valence-corrected chi connectivity index (χ0v) is 8.87. The Kier molecular flexibility index (Phi) is 5.25. The Balaban J connectivity index is 2.32. The molecule has 0 aromatic heterocycles. The molecular weight excluding hydrogens is 207 g/mol. The molecule has 0 saturated heterocycles. The van der Waals surface area contributed by atoms with Crippen molar-refractivity contribution in [1.82, 2.24) is 0 Å². The summed E-state index contributed by atoms with van der Waals surface area (Å²) in [6.45, 7) is 0. The lowest BCUT2D eigenvalue weighted by atomic mass is 10.3. The Bertz CT molecular complexity index is 252. The van der Waals surface area contributed by atoms with Crippen LogP contribution in [0, 0.1) is 5.82 Å². The quantitative estimate of drug-likeness (QED) is 0.410. The Hall–Kier alpha value is -0.210. The average molecular weight is 219 g/mol. The smallest absolute Gasteiger partial charge is 0.136 e. The molecule has 0 aliphatic rings. The molecule has 72 valence electrons. The second kappa shape index (κ2) is 6.28. The molecule has 0 fully saturated rings. The van der Waals surface area contributed by atoms with E-state index in [-0.39, 0.29) is 5.82 Å². The molecule has 1 rings (SSSR count). The first-order chi connectivity index (χ1) is 6.34. The van der Waals surface area contributed by atoms with Gasteiger partial charge in [-0.3, -0.25) is 0 Å². The molecule has 0 atom stereocenters. The Labute approximate surface area is 87.5 Å². The van der Waals surface area contributed by atoms with Gasteiger partial charge in [-0.05, 0) is 30.7 Å². The summed E-state index contributed by atoms with van der Waals surface area (Å²) in [5, 5.41) is 0. The molecule has 0 amide bonds. The Morgan fingerprint density at radius 3 is 2.69 bits per heavy atom. The van der Waals surface area contributed by atoms with E-state index in [9.17, 15) is 4.39 Å². The molecule has 0 radical (unpaired) electrons. The third-order valence-electron chi connectivity index (χ3n) is 1.62. The molecule has 0 unspecified atom stereocenters. The van der Waals surface area contributed by atoms with Crippen LogP contribution in [-0.2, 0) is 0 Å². The largest absolute Gasteiger partial charge is 0.206 e. The predicted octanol–water partition coefficient (Wildman–Crippen LogP) is 3.94. The number of hydrogen-bond donors (Lipinski definition) is 0. The SMILES string of the molecule is Fc1ccccc1SCCCCCl. The molecule has 1 aromatic carbocycles. The first-order valence-corrected chi connectivity index (χ1v) is 5.80. The van der Waals surface area contributed by atoms with Crippen molar-refractivity contribution in [3.8, 4) is 0 Å². The van der Waals surface area contributed by atoms with Gasteiger partial charge in [-0.2, -0.15) is 0 Å². The highest BCUT2D eigenvalue weighted by Gasteiger charge is 1.99. The molecule has 0 aliphatic heterocycles. The lowest BCUT2D eigenvalue weighted by molar-refractivity contribution is 0.602. The van der Waals surface area contributed by atoms with Gasteiger partial charge in [0, 0.05) is 10.8 Å². The van der Waals surface area contributed by atoms with E-state index >= 15 is 0 Å². The van der Waals surface area contributed by atoms with Gasteiger partial charge in [0.25, 0.3) is 0 Å². The normalized spacial score (nSPS) is 10.3. The predicted molar refractivity (Wildman–Crippen MR) is 57.1 cm³/mol. The number of halogens is 2. The first kappa shape index (κ1) is 10.9. The number of unbranched alkanes of at least 4 members (excludes halogenated alkanes) is 1. The summed E-state index contributed by atoms with van der Waals surface area (Å²) >= 11 is 7.08. The van der Waals surface area contributed by atoms with Crippen molar-refractivity contribution in [1.29, 1.82) is 0 Å². The summed E-state index contributed by atoms with van der Waals surface area (Å²) < 4.78 is 13.1. The van der Waals surface area contributed by atoms with Crippen LogP contribution in [0.15, 0.2) is 29.2 Å². The van der Waals surface area contributed by atoms with Gasteiger partial charge < -0.3 is 0 Å². The minimum Gasteiger partial charge on any atom is -0.206 e. The van der Waals surface area contributed by atoms with Gasteiger partial charge in [0.1, 0.15) is 5.82 Å². The summed E-state index contributed by atoms with van der Waals surface area (Å²) in [6, 6.07) is 6.86. The van der Waals surface area contributed by atoms with Gasteiger partial charge in [-0.15, -0.1) is 23.4 Å². The van der Waals surface area contributed by atoms with Crippen molar-refractivity contribution in [3.63, 3.8) is 0 Å². The molecule has 0 aliphatic carbocycles. The van der Waals surface area contributed by atoms with E-state index in [0.717, 1.165) is 23.5 Å². The van der Waals surface area contributed by atoms with Crippen LogP contribution in [0.25, 0.3) is 0 Å². The summed E-state index contributed by atoms with van der Waals surface area (Å²) in [7, 11) is 0. The number of alkyl halides is 1. The average Bonchev–Trinajstić information content (AvgIpc) is 2.15. The van der Waals surface area contributed by atoms with Crippen molar-refractivity contribution >= 4 is 23.4 Å². The van der Waals surface area contributed by atoms with Crippen LogP contribution in [0.2, 0.25) is 0 Å². The Morgan fingerprint density at radius 1 is 1.23 bits per heavy atom. The second-order valence-electron chi connectivity index (χ2n) is 2.67. The molecular formula is C10H12ClFS. The maximum atomic E-state index is 13.1. The van der Waals surface area contributed by atoms with E-state index in [4.69, 9.17) is 11.6 Å². The van der Waals surface area contributed by atoms with Crippen LogP contribution >= 0.6 is 23.4 Å². The van der Waals surface area contributed by atoms with E-state index < -0.39 is 0 Å². The van der Waals surface area contributed by atoms with Crippen molar-refractivity contribution in [2.24, 2.45) is 0 Å². The summed E-state index contributed by atoms with van der Waals surface area (Å²) in [5.74, 6) is 1.50. The van der Waals surface area contributed by atoms with Crippen LogP contribution in [0.4, 0.5) is 4.39 Å². The van der Waals surface area contributed by atoms with Gasteiger partial charge in [0.05, 0.1) is 0 Å². The molecule has 0 saturated carbocycles. The monoisotopic (exact) mass is 218 g/mol. The number of benzene rings is 1. The summed E-state index contributed by atoms with van der Waals surface area (Å²) in [4.78, 5) is 0.733. The molecule has 0 N–H and O–H groups in total. The molecule has 3 heteroatoms. The zero-order valence-electron chi connectivity index (χ0n) is 7.30. The molecule has 13 heavy (non-hydrogen) atoms. The number of hydrogen-bond acceptors (Lipinski definition) is 1. The number of thioether (sulfide) groups is 1. The molecule has 0 heterocycles. The molecule has 0 bridgehead atoms. The lowest BCUT2D eigenvalue weighted by Crippen LogP contribution is -1.84. The first-order valence-electron chi connectivity index (χ1n) is 4.28. The van der Waals surface area contributed by atoms with E-state index in [2.05, 4.69) is 0 Å². The van der Waals surface area contributed by atoms with Crippen molar-refractivity contribution in [3.05, 3.63) is 30.1 Å². The Morgan fingerprint density at radius 2 is 2.00 bits per heavy atom. The third-order valence-corrected chi connectivity index (χ3v) is 3.02. The van der Waals surface area contributed by atoms with Gasteiger partial charge in [-0.1, -0.05) is 12.1 Å². The topological polar surface area (TPSA) is 0 Å². The van der Waals surface area contributed by atoms with E-state index in [1.54, 1.807) is 23.9 Å². The standard InChI is InChI=1S/C10H12ClFS/c11-7-3-4-8-13-10-6-2-1-5-9(10)12/h1-2,5-6H,3-4,7-8H2. The second-order valence-corrected chi connectivity index (χ2v) is 4.19. The van der Waals surface area contributed by atoms with Gasteiger partial charge in [0.15, 0.2) is 0 Å². The van der Waals surface area contributed by atoms with Crippen molar-refractivity contribution < 1.29 is 4.39 Å². The van der Waals surface area contributed by atoms with Crippen molar-refractivity contribution in [2.75, 3.05) is 11.6 Å². The van der Waals surface area contributed by atoms with Crippen LogP contribution in [0.5, 0.6) is 0 Å². The van der Waals surface area contributed by atoms with E-state index in [1.165, 1.54) is 6.07 Å². The van der Waals surface area contributed by atoms with Crippen LogP contribution in [-0.4, -0.2) is 11.6 Å². The summed E-state index contributed by atoms with van der Waals surface area (Å²) in [5.41, 5.74) is 0. The fourth-order valence-corrected chi connectivity index (χ4v) is 2.08. The van der Waals surface area contributed by atoms with Crippen molar-refractivity contribution in [2.45, 2.75) is 17.7 Å². The van der Waals surface area contributed by atoms with Gasteiger partial charge in [0.2, 0.25) is 0 Å². The van der Waals surface area contributed by atoms with Crippen LogP contribution in [0.3, 0.4) is 0 Å². The summed E-state index contributed by atoms with van der Waals surface area (Å²) in [6.07, 6.45) is 2.05. The van der Waals surface area contributed by atoms with E-state index in [1.807, 2.05) is 6.07 Å². The lowest BCUT2D eigenvalue weighted by Gasteiger charge is -2.01. The van der Waals surface area contributed by atoms with Crippen LogP contribution < -0.4 is 0 Å². The molecule has 0 spiro atoms. The highest BCUT2D eigenvalue weighted by molar-refractivity contribution is 7.99. The fourth-order valence-electron chi connectivity index (χ4n) is 0.940. The maximum absolute atomic E-state index is 13.1. The highest BCUT2D eigenvalue weighted by atomic mass is 35.5.